The van der Waals surface area contributed by atoms with E-state index in [4.69, 9.17) is 11.6 Å². The molecular formula is C17H20ClN3O3S. The number of benzene rings is 1. The molecule has 0 saturated heterocycles. The quantitative estimate of drug-likeness (QED) is 0.760. The Hall–Kier alpha value is -1.96. The highest BCUT2D eigenvalue weighted by Crippen LogP contribution is 2.14. The summed E-state index contributed by atoms with van der Waals surface area (Å²) < 4.78 is 25.1. The summed E-state index contributed by atoms with van der Waals surface area (Å²) in [6.07, 6.45) is 2.79. The Labute approximate surface area is 152 Å². The minimum atomic E-state index is -3.44. The van der Waals surface area contributed by atoms with Crippen LogP contribution in [-0.2, 0) is 27.9 Å². The van der Waals surface area contributed by atoms with Crippen molar-refractivity contribution in [2.75, 3.05) is 12.8 Å². The van der Waals surface area contributed by atoms with E-state index < -0.39 is 10.0 Å². The first-order valence-corrected chi connectivity index (χ1v) is 9.94. The number of hydrogen-bond acceptors (Lipinski definition) is 4. The number of nitrogens with one attached hydrogen (secondary N) is 1. The van der Waals surface area contributed by atoms with Crippen LogP contribution >= 0.6 is 11.6 Å². The fraction of sp³-hybridized carbons (Fsp3) is 0.294. The normalized spacial score (nSPS) is 11.5. The monoisotopic (exact) mass is 381 g/mol. The minimum absolute atomic E-state index is 0.0599. The largest absolute Gasteiger partial charge is 0.352 e. The molecule has 0 radical (unpaired) electrons. The summed E-state index contributed by atoms with van der Waals surface area (Å²) in [5.41, 5.74) is 1.44. The van der Waals surface area contributed by atoms with Crippen LogP contribution in [0.4, 0.5) is 0 Å². The van der Waals surface area contributed by atoms with Crippen molar-refractivity contribution < 1.29 is 13.2 Å². The van der Waals surface area contributed by atoms with Crippen molar-refractivity contribution in [1.82, 2.24) is 14.6 Å². The molecule has 0 fully saturated rings. The molecule has 6 nitrogen and oxygen atoms in total. The maximum atomic E-state index is 12.0. The molecule has 0 spiro atoms. The van der Waals surface area contributed by atoms with E-state index in [0.717, 1.165) is 11.8 Å². The van der Waals surface area contributed by atoms with Gasteiger partial charge in [0, 0.05) is 30.7 Å². The second-order valence-electron chi connectivity index (χ2n) is 5.54. The van der Waals surface area contributed by atoms with Crippen LogP contribution in [-0.4, -0.2) is 36.4 Å². The third kappa shape index (κ3) is 6.45. The summed E-state index contributed by atoms with van der Waals surface area (Å²) in [6, 6.07) is 12.5. The Morgan fingerprint density at radius 1 is 1.20 bits per heavy atom. The molecule has 2 rings (SSSR count). The Morgan fingerprint density at radius 2 is 1.92 bits per heavy atom. The fourth-order valence-electron chi connectivity index (χ4n) is 2.18. The molecule has 134 valence electrons. The molecule has 1 amide bonds. The maximum Gasteiger partial charge on any atom is 0.221 e. The van der Waals surface area contributed by atoms with Crippen LogP contribution in [0.3, 0.4) is 0 Å². The van der Waals surface area contributed by atoms with Crippen molar-refractivity contribution in [3.05, 3.63) is 64.9 Å². The van der Waals surface area contributed by atoms with Gasteiger partial charge in [-0.1, -0.05) is 35.9 Å². The lowest BCUT2D eigenvalue weighted by atomic mass is 10.2. The number of nitrogens with zero attached hydrogens (tertiary/aromatic N) is 2. The van der Waals surface area contributed by atoms with Crippen LogP contribution in [0.25, 0.3) is 0 Å². The molecule has 0 aliphatic rings. The minimum Gasteiger partial charge on any atom is -0.352 e. The van der Waals surface area contributed by atoms with Crippen LogP contribution in [0.15, 0.2) is 48.7 Å². The molecule has 1 N–H and O–H groups in total. The van der Waals surface area contributed by atoms with E-state index in [1.165, 1.54) is 4.31 Å². The predicted octanol–water partition coefficient (Wildman–Crippen LogP) is 2.20. The van der Waals surface area contributed by atoms with Gasteiger partial charge in [0.05, 0.1) is 18.5 Å². The van der Waals surface area contributed by atoms with Crippen molar-refractivity contribution in [2.24, 2.45) is 0 Å². The second kappa shape index (κ2) is 8.94. The highest BCUT2D eigenvalue weighted by Gasteiger charge is 2.18. The van der Waals surface area contributed by atoms with Crippen LogP contribution in [0, 0.1) is 0 Å². The molecule has 1 aromatic carbocycles. The number of pyridine rings is 1. The van der Waals surface area contributed by atoms with Gasteiger partial charge in [-0.15, -0.1) is 0 Å². The lowest BCUT2D eigenvalue weighted by molar-refractivity contribution is -0.121. The van der Waals surface area contributed by atoms with Crippen LogP contribution < -0.4 is 5.32 Å². The third-order valence-corrected chi connectivity index (χ3v) is 5.17. The number of amides is 1. The number of sulfonamides is 1. The smallest absolute Gasteiger partial charge is 0.221 e. The molecule has 0 unspecified atom stereocenters. The number of carbonyl (C=O) groups is 1. The Balaban J connectivity index is 1.89. The Bertz CT molecular complexity index is 813. The van der Waals surface area contributed by atoms with E-state index in [-0.39, 0.29) is 25.4 Å². The van der Waals surface area contributed by atoms with E-state index in [1.54, 1.807) is 30.5 Å². The molecule has 0 bridgehead atoms. The van der Waals surface area contributed by atoms with Gasteiger partial charge in [0.15, 0.2) is 0 Å². The topological polar surface area (TPSA) is 79.4 Å². The van der Waals surface area contributed by atoms with Gasteiger partial charge in [0.25, 0.3) is 0 Å². The summed E-state index contributed by atoms with van der Waals surface area (Å²) in [6.45, 7) is 0.527. The highest BCUT2D eigenvalue weighted by molar-refractivity contribution is 7.88. The Morgan fingerprint density at radius 3 is 2.56 bits per heavy atom. The molecule has 25 heavy (non-hydrogen) atoms. The van der Waals surface area contributed by atoms with E-state index >= 15 is 0 Å². The summed E-state index contributed by atoms with van der Waals surface area (Å²) in [4.78, 5) is 16.1. The average molecular weight is 382 g/mol. The zero-order valence-electron chi connectivity index (χ0n) is 13.9. The van der Waals surface area contributed by atoms with E-state index in [2.05, 4.69) is 10.3 Å². The van der Waals surface area contributed by atoms with Crippen molar-refractivity contribution in [1.29, 1.82) is 0 Å². The number of carbonyl (C=O) groups excluding carboxylic acids is 1. The molecule has 2 aromatic rings. The maximum absolute atomic E-state index is 12.0. The fourth-order valence-corrected chi connectivity index (χ4v) is 3.18. The Kier molecular flexibility index (Phi) is 6.92. The molecule has 0 saturated carbocycles. The average Bonchev–Trinajstić information content (AvgIpc) is 2.57. The SMILES string of the molecule is CS(=O)(=O)N(CCC(=O)NCc1ccccc1Cl)Cc1ccccn1. The van der Waals surface area contributed by atoms with Crippen LogP contribution in [0.2, 0.25) is 5.02 Å². The van der Waals surface area contributed by atoms with Gasteiger partial charge in [0.1, 0.15) is 0 Å². The van der Waals surface area contributed by atoms with E-state index in [9.17, 15) is 13.2 Å². The van der Waals surface area contributed by atoms with Crippen molar-refractivity contribution in [3.8, 4) is 0 Å². The molecular weight excluding hydrogens is 362 g/mol. The molecule has 8 heteroatoms. The lowest BCUT2D eigenvalue weighted by Gasteiger charge is -2.19. The predicted molar refractivity (Wildman–Crippen MR) is 97.4 cm³/mol. The van der Waals surface area contributed by atoms with Crippen LogP contribution in [0.5, 0.6) is 0 Å². The third-order valence-electron chi connectivity index (χ3n) is 3.56. The first-order chi connectivity index (χ1) is 11.9. The van der Waals surface area contributed by atoms with Crippen LogP contribution in [0.1, 0.15) is 17.7 Å². The number of rotatable bonds is 8. The molecule has 1 heterocycles. The number of halogens is 1. The van der Waals surface area contributed by atoms with Gasteiger partial charge in [-0.05, 0) is 23.8 Å². The number of hydrogen-bond donors (Lipinski definition) is 1. The van der Waals surface area contributed by atoms with Gasteiger partial charge < -0.3 is 5.32 Å². The van der Waals surface area contributed by atoms with Gasteiger partial charge in [0.2, 0.25) is 15.9 Å². The molecule has 1 aromatic heterocycles. The number of aromatic nitrogens is 1. The van der Waals surface area contributed by atoms with E-state index in [1.807, 2.05) is 18.2 Å². The van der Waals surface area contributed by atoms with E-state index in [0.29, 0.717) is 17.3 Å². The first-order valence-electron chi connectivity index (χ1n) is 7.71. The summed E-state index contributed by atoms with van der Waals surface area (Å²) in [5.74, 6) is -0.241. The summed E-state index contributed by atoms with van der Waals surface area (Å²) >= 11 is 6.04. The summed E-state index contributed by atoms with van der Waals surface area (Å²) in [5, 5.41) is 3.33. The zero-order valence-corrected chi connectivity index (χ0v) is 15.4. The molecule has 0 aliphatic carbocycles. The van der Waals surface area contributed by atoms with Crippen molar-refractivity contribution >= 4 is 27.5 Å². The second-order valence-corrected chi connectivity index (χ2v) is 7.93. The standard InChI is InChI=1S/C17H20ClN3O3S/c1-25(23,24)21(13-15-7-4-5-10-19-15)11-9-17(22)20-12-14-6-2-3-8-16(14)18/h2-8,10H,9,11-13H2,1H3,(H,20,22). The highest BCUT2D eigenvalue weighted by atomic mass is 35.5. The van der Waals surface area contributed by atoms with Gasteiger partial charge in [-0.3, -0.25) is 9.78 Å². The van der Waals surface area contributed by atoms with Gasteiger partial charge in [-0.2, -0.15) is 4.31 Å². The first kappa shape index (κ1) is 19.4. The van der Waals surface area contributed by atoms with Crippen molar-refractivity contribution in [2.45, 2.75) is 19.5 Å². The zero-order chi connectivity index (χ0) is 18.3. The summed E-state index contributed by atoms with van der Waals surface area (Å²) in [7, 11) is -3.44. The molecule has 0 aliphatic heterocycles. The lowest BCUT2D eigenvalue weighted by Crippen LogP contribution is -2.34. The van der Waals surface area contributed by atoms with Gasteiger partial charge >= 0.3 is 0 Å². The van der Waals surface area contributed by atoms with Gasteiger partial charge in [-0.25, -0.2) is 8.42 Å². The molecule has 0 atom stereocenters. The van der Waals surface area contributed by atoms with Crippen molar-refractivity contribution in [3.63, 3.8) is 0 Å².